The number of hydrogen-bond donors (Lipinski definition) is 1. The molecule has 1 aromatic heterocycles. The molecule has 20 heavy (non-hydrogen) atoms. The molecular weight excluding hydrogens is 248 g/mol. The van der Waals surface area contributed by atoms with Crippen molar-refractivity contribution in [3.63, 3.8) is 0 Å². The SMILES string of the molecule is CN(CCCc1ccccc1)C(CN)c1cnn(C)c1. The summed E-state index contributed by atoms with van der Waals surface area (Å²) in [6, 6.07) is 10.9. The summed E-state index contributed by atoms with van der Waals surface area (Å²) in [6.45, 7) is 1.65. The van der Waals surface area contributed by atoms with Crippen LogP contribution in [-0.4, -0.2) is 34.8 Å². The van der Waals surface area contributed by atoms with Crippen LogP contribution in [0.25, 0.3) is 0 Å². The third-order valence-corrected chi connectivity index (χ3v) is 3.68. The largest absolute Gasteiger partial charge is 0.329 e. The number of nitrogens with two attached hydrogens (primary N) is 1. The van der Waals surface area contributed by atoms with Gasteiger partial charge in [0, 0.05) is 31.4 Å². The van der Waals surface area contributed by atoms with E-state index in [1.807, 2.05) is 24.1 Å². The van der Waals surface area contributed by atoms with Crippen molar-refractivity contribution < 1.29 is 0 Å². The van der Waals surface area contributed by atoms with E-state index in [0.29, 0.717) is 6.54 Å². The highest BCUT2D eigenvalue weighted by Gasteiger charge is 2.16. The fourth-order valence-corrected chi connectivity index (χ4v) is 2.52. The van der Waals surface area contributed by atoms with Crippen molar-refractivity contribution in [2.24, 2.45) is 12.8 Å². The lowest BCUT2D eigenvalue weighted by atomic mass is 10.1. The summed E-state index contributed by atoms with van der Waals surface area (Å²) >= 11 is 0. The van der Waals surface area contributed by atoms with Crippen LogP contribution >= 0.6 is 0 Å². The maximum absolute atomic E-state index is 5.92. The molecule has 0 bridgehead atoms. The third-order valence-electron chi connectivity index (χ3n) is 3.68. The number of aryl methyl sites for hydroxylation is 2. The van der Waals surface area contributed by atoms with Gasteiger partial charge in [0.1, 0.15) is 0 Å². The van der Waals surface area contributed by atoms with Crippen molar-refractivity contribution in [3.05, 3.63) is 53.9 Å². The number of aromatic nitrogens is 2. The molecule has 1 aromatic carbocycles. The second-order valence-corrected chi connectivity index (χ2v) is 5.27. The average molecular weight is 272 g/mol. The molecule has 0 saturated carbocycles. The van der Waals surface area contributed by atoms with Gasteiger partial charge in [-0.25, -0.2) is 0 Å². The molecule has 0 aliphatic heterocycles. The predicted octanol–water partition coefficient (Wildman–Crippen LogP) is 1.98. The van der Waals surface area contributed by atoms with E-state index in [4.69, 9.17) is 5.73 Å². The van der Waals surface area contributed by atoms with E-state index in [1.165, 1.54) is 11.1 Å². The Hall–Kier alpha value is -1.65. The van der Waals surface area contributed by atoms with E-state index in [9.17, 15) is 0 Å². The summed E-state index contributed by atoms with van der Waals surface area (Å²) in [7, 11) is 4.07. The molecular formula is C16H24N4. The van der Waals surface area contributed by atoms with Crippen molar-refractivity contribution in [1.29, 1.82) is 0 Å². The summed E-state index contributed by atoms with van der Waals surface area (Å²) in [5, 5.41) is 4.23. The molecule has 4 heteroatoms. The number of likely N-dealkylation sites (N-methyl/N-ethyl adjacent to an activating group) is 1. The lowest BCUT2D eigenvalue weighted by Crippen LogP contribution is -2.31. The van der Waals surface area contributed by atoms with Gasteiger partial charge < -0.3 is 5.73 Å². The van der Waals surface area contributed by atoms with E-state index in [2.05, 4.69) is 47.4 Å². The van der Waals surface area contributed by atoms with Gasteiger partial charge in [-0.05, 0) is 32.0 Å². The van der Waals surface area contributed by atoms with Crippen LogP contribution in [0.1, 0.15) is 23.6 Å². The quantitative estimate of drug-likeness (QED) is 0.838. The van der Waals surface area contributed by atoms with Crippen LogP contribution in [0.2, 0.25) is 0 Å². The molecule has 0 spiro atoms. The normalized spacial score (nSPS) is 12.8. The van der Waals surface area contributed by atoms with Crippen LogP contribution in [0.5, 0.6) is 0 Å². The minimum Gasteiger partial charge on any atom is -0.329 e. The van der Waals surface area contributed by atoms with Crippen molar-refractivity contribution >= 4 is 0 Å². The maximum atomic E-state index is 5.92. The molecule has 0 fully saturated rings. The topological polar surface area (TPSA) is 47.1 Å². The number of benzene rings is 1. The monoisotopic (exact) mass is 272 g/mol. The van der Waals surface area contributed by atoms with Gasteiger partial charge in [0.25, 0.3) is 0 Å². The minimum atomic E-state index is 0.250. The molecule has 108 valence electrons. The smallest absolute Gasteiger partial charge is 0.0538 e. The molecule has 0 aliphatic rings. The Labute approximate surface area is 121 Å². The van der Waals surface area contributed by atoms with Gasteiger partial charge >= 0.3 is 0 Å². The van der Waals surface area contributed by atoms with E-state index in [1.54, 1.807) is 0 Å². The Morgan fingerprint density at radius 1 is 1.30 bits per heavy atom. The highest BCUT2D eigenvalue weighted by Crippen LogP contribution is 2.17. The lowest BCUT2D eigenvalue weighted by molar-refractivity contribution is 0.247. The van der Waals surface area contributed by atoms with E-state index >= 15 is 0 Å². The Morgan fingerprint density at radius 3 is 2.65 bits per heavy atom. The summed E-state index contributed by atoms with van der Waals surface area (Å²) in [5.74, 6) is 0. The van der Waals surface area contributed by atoms with Crippen LogP contribution in [0.3, 0.4) is 0 Å². The van der Waals surface area contributed by atoms with Crippen molar-refractivity contribution in [2.75, 3.05) is 20.1 Å². The van der Waals surface area contributed by atoms with Gasteiger partial charge in [-0.15, -0.1) is 0 Å². The Balaban J connectivity index is 1.85. The molecule has 4 nitrogen and oxygen atoms in total. The summed E-state index contributed by atoms with van der Waals surface area (Å²) in [5.41, 5.74) is 8.51. The third kappa shape index (κ3) is 3.92. The molecule has 2 aromatic rings. The summed E-state index contributed by atoms with van der Waals surface area (Å²) in [4.78, 5) is 2.32. The first kappa shape index (κ1) is 14.8. The zero-order valence-corrected chi connectivity index (χ0v) is 12.4. The van der Waals surface area contributed by atoms with E-state index in [0.717, 1.165) is 19.4 Å². The Bertz CT molecular complexity index is 506. The van der Waals surface area contributed by atoms with E-state index in [-0.39, 0.29) is 6.04 Å². The standard InChI is InChI=1S/C16H24N4/c1-19(10-6-9-14-7-4-3-5-8-14)16(11-17)15-12-18-20(2)13-15/h3-5,7-8,12-13,16H,6,9-11,17H2,1-2H3. The van der Waals surface area contributed by atoms with Crippen LogP contribution in [0.15, 0.2) is 42.7 Å². The lowest BCUT2D eigenvalue weighted by Gasteiger charge is -2.26. The molecule has 0 aliphatic carbocycles. The number of hydrogen-bond acceptors (Lipinski definition) is 3. The first-order valence-corrected chi connectivity index (χ1v) is 7.13. The van der Waals surface area contributed by atoms with Crippen LogP contribution in [0, 0.1) is 0 Å². The van der Waals surface area contributed by atoms with Crippen LogP contribution < -0.4 is 5.73 Å². The van der Waals surface area contributed by atoms with Crippen molar-refractivity contribution in [1.82, 2.24) is 14.7 Å². The highest BCUT2D eigenvalue weighted by atomic mass is 15.2. The van der Waals surface area contributed by atoms with Crippen LogP contribution in [-0.2, 0) is 13.5 Å². The number of nitrogens with zero attached hydrogens (tertiary/aromatic N) is 3. The van der Waals surface area contributed by atoms with Gasteiger partial charge in [0.15, 0.2) is 0 Å². The second kappa shape index (κ2) is 7.22. The van der Waals surface area contributed by atoms with Gasteiger partial charge in [-0.3, -0.25) is 9.58 Å². The highest BCUT2D eigenvalue weighted by molar-refractivity contribution is 5.15. The first-order chi connectivity index (χ1) is 9.70. The molecule has 0 amide bonds. The molecule has 1 heterocycles. The molecule has 2 rings (SSSR count). The van der Waals surface area contributed by atoms with Crippen molar-refractivity contribution in [3.8, 4) is 0 Å². The van der Waals surface area contributed by atoms with E-state index < -0.39 is 0 Å². The van der Waals surface area contributed by atoms with Gasteiger partial charge in [0.2, 0.25) is 0 Å². The van der Waals surface area contributed by atoms with Crippen molar-refractivity contribution in [2.45, 2.75) is 18.9 Å². The zero-order chi connectivity index (χ0) is 14.4. The first-order valence-electron chi connectivity index (χ1n) is 7.13. The molecule has 1 atom stereocenters. The van der Waals surface area contributed by atoms with Gasteiger partial charge in [0.05, 0.1) is 6.20 Å². The maximum Gasteiger partial charge on any atom is 0.0538 e. The molecule has 0 radical (unpaired) electrons. The number of rotatable bonds is 7. The fourth-order valence-electron chi connectivity index (χ4n) is 2.52. The Kier molecular flexibility index (Phi) is 5.32. The predicted molar refractivity (Wildman–Crippen MR) is 82.4 cm³/mol. The molecule has 2 N–H and O–H groups in total. The summed E-state index contributed by atoms with van der Waals surface area (Å²) < 4.78 is 1.83. The van der Waals surface area contributed by atoms with Gasteiger partial charge in [-0.2, -0.15) is 5.10 Å². The molecule has 0 saturated heterocycles. The van der Waals surface area contributed by atoms with Gasteiger partial charge in [-0.1, -0.05) is 30.3 Å². The summed E-state index contributed by atoms with van der Waals surface area (Å²) in [6.07, 6.45) is 6.20. The second-order valence-electron chi connectivity index (χ2n) is 5.27. The van der Waals surface area contributed by atoms with Crippen LogP contribution in [0.4, 0.5) is 0 Å². The zero-order valence-electron chi connectivity index (χ0n) is 12.4. The minimum absolute atomic E-state index is 0.250. The fraction of sp³-hybridized carbons (Fsp3) is 0.438. The Morgan fingerprint density at radius 2 is 2.05 bits per heavy atom. The average Bonchev–Trinajstić information content (AvgIpc) is 2.87. The molecule has 1 unspecified atom stereocenters.